The Hall–Kier alpha value is -1.50. The van der Waals surface area contributed by atoms with Crippen molar-refractivity contribution >= 4 is 15.9 Å². The largest absolute Gasteiger partial charge is 0.274 e. The molecule has 1 heterocycles. The molecule has 9 atom stereocenters. The summed E-state index contributed by atoms with van der Waals surface area (Å²) in [7, 11) is -3.92. The summed E-state index contributed by atoms with van der Waals surface area (Å²) in [6.07, 6.45) is 18.5. The maximum atomic E-state index is 12.6. The molecular weight excluding hydrogens is 482 g/mol. The van der Waals surface area contributed by atoms with Crippen LogP contribution in [-0.2, 0) is 14.8 Å². The van der Waals surface area contributed by atoms with Crippen LogP contribution in [0.15, 0.2) is 23.6 Å². The molecule has 1 aromatic rings. The van der Waals surface area contributed by atoms with E-state index in [2.05, 4.69) is 42.4 Å². The minimum absolute atomic E-state index is 0.0777. The van der Waals surface area contributed by atoms with E-state index in [-0.39, 0.29) is 11.3 Å². The summed E-state index contributed by atoms with van der Waals surface area (Å²) < 4.78 is 27.2. The van der Waals surface area contributed by atoms with Gasteiger partial charge in [-0.1, -0.05) is 47.0 Å². The van der Waals surface area contributed by atoms with Gasteiger partial charge in [0, 0.05) is 6.42 Å². The number of sulfonamides is 1. The van der Waals surface area contributed by atoms with Crippen molar-refractivity contribution in [2.24, 2.45) is 52.3 Å². The summed E-state index contributed by atoms with van der Waals surface area (Å²) >= 11 is 0. The Labute approximate surface area is 224 Å². The topological polar surface area (TPSA) is 89.0 Å². The maximum absolute atomic E-state index is 12.6. The van der Waals surface area contributed by atoms with Crippen LogP contribution >= 0.6 is 0 Å². The normalized spacial score (nSPS) is 40.2. The van der Waals surface area contributed by atoms with Gasteiger partial charge in [0.25, 0.3) is 10.0 Å². The number of carbonyl (C=O) groups excluding carboxylic acids is 1. The summed E-state index contributed by atoms with van der Waals surface area (Å²) in [6.45, 7) is 9.96. The summed E-state index contributed by atoms with van der Waals surface area (Å²) in [4.78, 5) is 20.0. The highest BCUT2D eigenvalue weighted by Gasteiger charge is 2.61. The number of fused-ring (bicyclic) bond motifs is 5. The average molecular weight is 530 g/mol. The van der Waals surface area contributed by atoms with Crippen molar-refractivity contribution in [2.45, 2.75) is 110 Å². The molecule has 1 N–H and O–H groups in total. The van der Waals surface area contributed by atoms with Crippen LogP contribution in [0, 0.1) is 52.3 Å². The quantitative estimate of drug-likeness (QED) is 0.442. The van der Waals surface area contributed by atoms with E-state index in [1.165, 1.54) is 82.9 Å². The minimum Gasteiger partial charge on any atom is -0.274 e. The second-order valence-electron chi connectivity index (χ2n) is 13.5. The van der Waals surface area contributed by atoms with Crippen LogP contribution in [0.1, 0.15) is 105 Å². The van der Waals surface area contributed by atoms with Gasteiger partial charge < -0.3 is 0 Å². The third-order valence-corrected chi connectivity index (χ3v) is 13.3. The molecule has 4 saturated carbocycles. The van der Waals surface area contributed by atoms with E-state index in [1.807, 2.05) is 0 Å². The zero-order chi connectivity index (χ0) is 26.4. The lowest BCUT2D eigenvalue weighted by Gasteiger charge is -2.63. The predicted octanol–water partition coefficient (Wildman–Crippen LogP) is 6.38. The number of nitrogens with zero attached hydrogens (tertiary/aromatic N) is 2. The van der Waals surface area contributed by atoms with Crippen LogP contribution in [-0.4, -0.2) is 24.3 Å². The number of hydrogen-bond donors (Lipinski definition) is 1. The highest BCUT2D eigenvalue weighted by atomic mass is 32.2. The van der Waals surface area contributed by atoms with Crippen LogP contribution in [0.2, 0.25) is 0 Å². The van der Waals surface area contributed by atoms with E-state index >= 15 is 0 Å². The van der Waals surface area contributed by atoms with Gasteiger partial charge in [0.15, 0.2) is 0 Å². The van der Waals surface area contributed by atoms with E-state index in [1.54, 1.807) is 0 Å². The summed E-state index contributed by atoms with van der Waals surface area (Å²) in [6, 6.07) is 0. The first kappa shape index (κ1) is 27.1. The summed E-state index contributed by atoms with van der Waals surface area (Å²) in [5.74, 6) is 4.97. The molecule has 0 aliphatic heterocycles. The van der Waals surface area contributed by atoms with Crippen molar-refractivity contribution in [2.75, 3.05) is 0 Å². The number of rotatable bonds is 7. The van der Waals surface area contributed by atoms with E-state index in [0.717, 1.165) is 36.0 Å². The van der Waals surface area contributed by atoms with Gasteiger partial charge in [0.1, 0.15) is 11.2 Å². The summed E-state index contributed by atoms with van der Waals surface area (Å²) in [5.41, 5.74) is 0.890. The highest BCUT2D eigenvalue weighted by molar-refractivity contribution is 7.90. The first-order chi connectivity index (χ1) is 17.6. The van der Waals surface area contributed by atoms with Gasteiger partial charge in [-0.2, -0.15) is 0 Å². The Bertz CT molecular complexity index is 1080. The van der Waals surface area contributed by atoms with Crippen LogP contribution < -0.4 is 4.72 Å². The lowest BCUT2D eigenvalue weighted by atomic mass is 9.42. The van der Waals surface area contributed by atoms with Crippen LogP contribution in [0.3, 0.4) is 0 Å². The fourth-order valence-corrected chi connectivity index (χ4v) is 11.2. The zero-order valence-electron chi connectivity index (χ0n) is 23.3. The Morgan fingerprint density at radius 2 is 1.76 bits per heavy atom. The molecule has 0 aromatic carbocycles. The van der Waals surface area contributed by atoms with Gasteiger partial charge in [-0.3, -0.25) is 4.79 Å². The molecule has 1 aromatic heterocycles. The third-order valence-electron chi connectivity index (χ3n) is 12.0. The van der Waals surface area contributed by atoms with Crippen molar-refractivity contribution in [3.05, 3.63) is 18.7 Å². The lowest BCUT2D eigenvalue weighted by Crippen LogP contribution is -2.55. The maximum Gasteiger partial charge on any atom is 0.267 e. The first-order valence-corrected chi connectivity index (χ1v) is 16.4. The lowest BCUT2D eigenvalue weighted by molar-refractivity contribution is -0.138. The number of aromatic nitrogens is 2. The van der Waals surface area contributed by atoms with Gasteiger partial charge in [-0.25, -0.2) is 23.1 Å². The zero-order valence-corrected chi connectivity index (χ0v) is 24.1. The monoisotopic (exact) mass is 529 g/mol. The van der Waals surface area contributed by atoms with Crippen molar-refractivity contribution in [1.29, 1.82) is 0 Å². The molecule has 3 unspecified atom stereocenters. The number of hydrogen-bond acceptors (Lipinski definition) is 5. The van der Waals surface area contributed by atoms with Crippen molar-refractivity contribution in [3.63, 3.8) is 0 Å². The average Bonchev–Trinajstić information content (AvgIpc) is 3.24. The Morgan fingerprint density at radius 3 is 2.49 bits per heavy atom. The first-order valence-electron chi connectivity index (χ1n) is 14.9. The molecule has 206 valence electrons. The Kier molecular flexibility index (Phi) is 7.49. The molecule has 6 nitrogen and oxygen atoms in total. The van der Waals surface area contributed by atoms with Gasteiger partial charge >= 0.3 is 0 Å². The second-order valence-corrected chi connectivity index (χ2v) is 15.2. The molecule has 1 amide bonds. The fraction of sp³-hybridized carbons (Fsp3) is 0.833. The molecule has 4 aliphatic carbocycles. The SMILES string of the molecule is CC[C@H]1CC2C3CC[C@H]([C@H](C)CCC(=O)NS(=O)(=O)c4cncnc4)[C@@]3(C)CCC2[C@@]2(C)CCCC[C@@H]12. The highest BCUT2D eigenvalue weighted by Crippen LogP contribution is 2.69. The molecule has 5 rings (SSSR count). The number of nitrogens with one attached hydrogen (secondary N) is 1. The molecule has 4 fully saturated rings. The molecule has 0 bridgehead atoms. The molecule has 0 spiro atoms. The summed E-state index contributed by atoms with van der Waals surface area (Å²) in [5, 5.41) is 0. The third kappa shape index (κ3) is 4.76. The molecule has 4 aliphatic rings. The standard InChI is InChI=1S/C30H47N3O3S/c1-5-21-16-23-26-11-10-24(30(26,4)15-13-27(23)29(3)14-7-6-8-25(21)29)20(2)9-12-28(34)33-37(35,36)22-17-31-19-32-18-22/h17-21,23-27H,5-16H2,1-4H3,(H,33,34)/t20-,21+,23?,24-,25+,26?,27?,29+,30-/m1/s1. The van der Waals surface area contributed by atoms with Crippen LogP contribution in [0.5, 0.6) is 0 Å². The van der Waals surface area contributed by atoms with Gasteiger partial charge in [-0.05, 0) is 104 Å². The molecule has 0 radical (unpaired) electrons. The van der Waals surface area contributed by atoms with E-state index in [4.69, 9.17) is 0 Å². The smallest absolute Gasteiger partial charge is 0.267 e. The molecule has 0 saturated heterocycles. The second kappa shape index (κ2) is 10.2. The van der Waals surface area contributed by atoms with Crippen molar-refractivity contribution in [3.8, 4) is 0 Å². The van der Waals surface area contributed by atoms with Crippen molar-refractivity contribution < 1.29 is 13.2 Å². The molecule has 37 heavy (non-hydrogen) atoms. The van der Waals surface area contributed by atoms with Crippen molar-refractivity contribution in [1.82, 2.24) is 14.7 Å². The fourth-order valence-electron chi connectivity index (χ4n) is 10.2. The minimum atomic E-state index is -3.92. The van der Waals surface area contributed by atoms with Gasteiger partial charge in [0.05, 0.1) is 12.4 Å². The van der Waals surface area contributed by atoms with Gasteiger partial charge in [0.2, 0.25) is 5.91 Å². The predicted molar refractivity (Wildman–Crippen MR) is 145 cm³/mol. The molecular formula is C30H47N3O3S. The van der Waals surface area contributed by atoms with E-state index in [9.17, 15) is 13.2 Å². The van der Waals surface area contributed by atoms with Crippen LogP contribution in [0.4, 0.5) is 0 Å². The number of amides is 1. The Balaban J connectivity index is 1.24. The van der Waals surface area contributed by atoms with Crippen LogP contribution in [0.25, 0.3) is 0 Å². The Morgan fingerprint density at radius 1 is 1.03 bits per heavy atom. The molecule has 7 heteroatoms. The van der Waals surface area contributed by atoms with E-state index < -0.39 is 15.9 Å². The number of carbonyl (C=O) groups is 1. The van der Waals surface area contributed by atoms with Gasteiger partial charge in [-0.15, -0.1) is 0 Å². The van der Waals surface area contributed by atoms with E-state index in [0.29, 0.717) is 22.7 Å².